The minimum atomic E-state index is 0. The molecule has 0 unspecified atom stereocenters. The summed E-state index contributed by atoms with van der Waals surface area (Å²) in [4.78, 5) is 0. The third-order valence-electron chi connectivity index (χ3n) is 4.82. The Balaban J connectivity index is 0.000000341. The van der Waals surface area contributed by atoms with Crippen LogP contribution in [0.4, 0.5) is 0 Å². The van der Waals surface area contributed by atoms with Crippen LogP contribution in [-0.2, 0) is 26.2 Å². The molecule has 0 atom stereocenters. The molecule has 0 amide bonds. The number of fused-ring (bicyclic) bond motifs is 2. The van der Waals surface area contributed by atoms with Crippen LogP contribution in [0.15, 0.2) is 90.3 Å². The first-order valence-corrected chi connectivity index (χ1v) is 8.68. The first-order valence-electron chi connectivity index (χ1n) is 8.68. The molecule has 0 fully saturated rings. The standard InChI is InChI=1S/C17H12N.C7H9.2ClH.Zr/c1-2-6-14-10-17(9-13(14)5-1)18-11-15-7-3-4-8-16(15)12-18;1-6-4-3-5-7(6)2;;;/h1-12H;4H,3H2,1-2H3;2*1H;/q2*-1;;;+4/p-2. The molecule has 0 N–H and O–H groups in total. The maximum atomic E-state index is 3.19. The Kier molecular flexibility index (Phi) is 9.57. The molecule has 1 nitrogen and oxygen atoms in total. The fourth-order valence-electron chi connectivity index (χ4n) is 3.16. The van der Waals surface area contributed by atoms with E-state index in [0.29, 0.717) is 0 Å². The zero-order chi connectivity index (χ0) is 17.2. The zero-order valence-electron chi connectivity index (χ0n) is 15.9. The fraction of sp³-hybridized carbons (Fsp3) is 0.125. The number of halogens is 2. The minimum absolute atomic E-state index is 0. The van der Waals surface area contributed by atoms with Crippen molar-refractivity contribution >= 4 is 21.5 Å². The SMILES string of the molecule is CC1=[C-]CC=C1C.[Cl-].[Cl-].[Zr+4].c1ccc2cn(-c3cc4ccccc4[cH-]3)cc2c1. The van der Waals surface area contributed by atoms with Gasteiger partial charge < -0.3 is 29.4 Å². The van der Waals surface area contributed by atoms with Gasteiger partial charge in [0, 0.05) is 12.4 Å². The first kappa shape index (κ1) is 24.6. The van der Waals surface area contributed by atoms with Gasteiger partial charge in [-0.05, 0) is 16.5 Å². The third-order valence-corrected chi connectivity index (χ3v) is 4.82. The van der Waals surface area contributed by atoms with E-state index in [1.54, 1.807) is 0 Å². The topological polar surface area (TPSA) is 4.93 Å². The average molecular weight is 486 g/mol. The van der Waals surface area contributed by atoms with E-state index in [1.165, 1.54) is 38.4 Å². The van der Waals surface area contributed by atoms with Crippen molar-refractivity contribution in [3.8, 4) is 5.69 Å². The van der Waals surface area contributed by atoms with Crippen molar-refractivity contribution < 1.29 is 51.0 Å². The van der Waals surface area contributed by atoms with Gasteiger partial charge in [0.25, 0.3) is 0 Å². The molecule has 0 bridgehead atoms. The van der Waals surface area contributed by atoms with Crippen molar-refractivity contribution in [2.45, 2.75) is 20.3 Å². The summed E-state index contributed by atoms with van der Waals surface area (Å²) >= 11 is 0. The van der Waals surface area contributed by atoms with Crippen molar-refractivity contribution in [2.24, 2.45) is 0 Å². The van der Waals surface area contributed by atoms with Crippen LogP contribution < -0.4 is 24.8 Å². The monoisotopic (exact) mass is 483 g/mol. The summed E-state index contributed by atoms with van der Waals surface area (Å²) in [5.41, 5.74) is 3.94. The molecule has 0 saturated heterocycles. The molecule has 0 saturated carbocycles. The molecule has 5 rings (SSSR count). The largest absolute Gasteiger partial charge is 4.00 e. The van der Waals surface area contributed by atoms with Crippen LogP contribution in [0.25, 0.3) is 27.2 Å². The van der Waals surface area contributed by atoms with Crippen LogP contribution >= 0.6 is 0 Å². The van der Waals surface area contributed by atoms with Gasteiger partial charge in [0.1, 0.15) is 0 Å². The van der Waals surface area contributed by atoms with Crippen molar-refractivity contribution in [3.63, 3.8) is 0 Å². The van der Waals surface area contributed by atoms with E-state index < -0.39 is 0 Å². The molecule has 1 aromatic heterocycles. The van der Waals surface area contributed by atoms with Crippen LogP contribution in [0.2, 0.25) is 0 Å². The molecule has 4 heteroatoms. The van der Waals surface area contributed by atoms with Crippen LogP contribution in [0.3, 0.4) is 0 Å². The maximum absolute atomic E-state index is 3.19. The van der Waals surface area contributed by atoms with Gasteiger partial charge >= 0.3 is 26.2 Å². The smallest absolute Gasteiger partial charge is 1.00 e. The van der Waals surface area contributed by atoms with E-state index in [-0.39, 0.29) is 51.0 Å². The summed E-state index contributed by atoms with van der Waals surface area (Å²) in [6.07, 6.45) is 10.8. The molecule has 140 valence electrons. The maximum Gasteiger partial charge on any atom is 4.00 e. The summed E-state index contributed by atoms with van der Waals surface area (Å²) in [5, 5.41) is 5.15. The van der Waals surface area contributed by atoms with Gasteiger partial charge in [-0.3, -0.25) is 6.08 Å². The number of hydrogen-bond donors (Lipinski definition) is 0. The summed E-state index contributed by atoms with van der Waals surface area (Å²) < 4.78 is 2.20. The van der Waals surface area contributed by atoms with Crippen molar-refractivity contribution in [1.82, 2.24) is 4.57 Å². The molecular weight excluding hydrogens is 464 g/mol. The molecule has 0 spiro atoms. The molecule has 1 aliphatic carbocycles. The van der Waals surface area contributed by atoms with E-state index in [1.807, 2.05) is 0 Å². The summed E-state index contributed by atoms with van der Waals surface area (Å²) in [6, 6.07) is 21.4. The Hall–Kier alpha value is -1.47. The van der Waals surface area contributed by atoms with E-state index >= 15 is 0 Å². The Morgan fingerprint density at radius 1 is 0.857 bits per heavy atom. The Bertz CT molecular complexity index is 948. The first-order chi connectivity index (χ1) is 12.2. The van der Waals surface area contributed by atoms with Gasteiger partial charge in [-0.1, -0.05) is 37.3 Å². The second-order valence-corrected chi connectivity index (χ2v) is 6.53. The van der Waals surface area contributed by atoms with Crippen LogP contribution in [-0.4, -0.2) is 4.57 Å². The summed E-state index contributed by atoms with van der Waals surface area (Å²) in [6.45, 7) is 4.22. The van der Waals surface area contributed by atoms with Crippen LogP contribution in [0.5, 0.6) is 0 Å². The quantitative estimate of drug-likeness (QED) is 0.348. The number of hydrogen-bond acceptors (Lipinski definition) is 0. The van der Waals surface area contributed by atoms with Gasteiger partial charge in [0.15, 0.2) is 0 Å². The van der Waals surface area contributed by atoms with E-state index in [4.69, 9.17) is 0 Å². The fourth-order valence-corrected chi connectivity index (χ4v) is 3.16. The Labute approximate surface area is 198 Å². The van der Waals surface area contributed by atoms with Gasteiger partial charge in [0.05, 0.1) is 0 Å². The predicted octanol–water partition coefficient (Wildman–Crippen LogP) is 0.594. The minimum Gasteiger partial charge on any atom is -1.00 e. The normalized spacial score (nSPS) is 12.1. The summed E-state index contributed by atoms with van der Waals surface area (Å²) in [7, 11) is 0. The molecule has 3 aromatic carbocycles. The molecular formula is C24H21Cl2NZr. The predicted molar refractivity (Wildman–Crippen MR) is 107 cm³/mol. The van der Waals surface area contributed by atoms with Crippen molar-refractivity contribution in [2.75, 3.05) is 0 Å². The van der Waals surface area contributed by atoms with Crippen molar-refractivity contribution in [1.29, 1.82) is 0 Å². The van der Waals surface area contributed by atoms with Crippen molar-refractivity contribution in [3.05, 3.63) is 96.4 Å². The van der Waals surface area contributed by atoms with E-state index in [2.05, 4.69) is 104 Å². The van der Waals surface area contributed by atoms with E-state index in [0.717, 1.165) is 6.42 Å². The number of benzene rings is 2. The Morgan fingerprint density at radius 2 is 1.43 bits per heavy atom. The van der Waals surface area contributed by atoms with Gasteiger partial charge in [0.2, 0.25) is 0 Å². The number of aromatic nitrogens is 1. The third kappa shape index (κ3) is 5.32. The molecule has 0 radical (unpaired) electrons. The molecule has 0 aliphatic heterocycles. The molecule has 28 heavy (non-hydrogen) atoms. The second kappa shape index (κ2) is 10.9. The molecule has 1 heterocycles. The van der Waals surface area contributed by atoms with Crippen LogP contribution in [0.1, 0.15) is 20.3 Å². The zero-order valence-corrected chi connectivity index (χ0v) is 19.9. The van der Waals surface area contributed by atoms with Gasteiger partial charge in [-0.2, -0.15) is 6.08 Å². The van der Waals surface area contributed by atoms with E-state index in [9.17, 15) is 0 Å². The van der Waals surface area contributed by atoms with Gasteiger partial charge in [-0.15, -0.1) is 54.4 Å². The average Bonchev–Trinajstić information content (AvgIpc) is 3.33. The second-order valence-electron chi connectivity index (χ2n) is 6.53. The summed E-state index contributed by atoms with van der Waals surface area (Å²) in [5.74, 6) is 0. The number of nitrogens with zero attached hydrogens (tertiary/aromatic N) is 1. The van der Waals surface area contributed by atoms with Crippen LogP contribution in [0, 0.1) is 6.08 Å². The molecule has 4 aromatic rings. The number of allylic oxidation sites excluding steroid dienone is 4. The molecule has 1 aliphatic rings. The van der Waals surface area contributed by atoms with Gasteiger partial charge in [-0.25, -0.2) is 11.1 Å². The number of rotatable bonds is 1. The Morgan fingerprint density at radius 3 is 1.89 bits per heavy atom.